The molecule has 0 saturated carbocycles. The van der Waals surface area contributed by atoms with E-state index in [0.717, 1.165) is 38.5 Å². The van der Waals surface area contributed by atoms with Crippen LogP contribution in [0, 0.1) is 0 Å². The number of hydrogen-bond donors (Lipinski definition) is 6. The maximum absolute atomic E-state index is 13.0. The Bertz CT molecular complexity index is 1190. The highest BCUT2D eigenvalue weighted by Gasteiger charge is 2.44. The van der Waals surface area contributed by atoms with Gasteiger partial charge in [0.25, 0.3) is 0 Å². The van der Waals surface area contributed by atoms with E-state index in [2.05, 4.69) is 19.2 Å². The lowest BCUT2D eigenvalue weighted by atomic mass is 9.99. The predicted molar refractivity (Wildman–Crippen MR) is 318 cm³/mol. The molecule has 0 aliphatic carbocycles. The van der Waals surface area contributed by atoms with E-state index in [9.17, 15) is 30.3 Å². The average molecular weight is 1060 g/mol. The molecule has 1 fully saturated rings. The van der Waals surface area contributed by atoms with Crippen LogP contribution in [0.5, 0.6) is 0 Å². The molecular formula is C66H129NO8. The molecule has 7 atom stereocenters. The topological polar surface area (TPSA) is 149 Å². The Morgan fingerprint density at radius 3 is 1.04 bits per heavy atom. The number of amides is 1. The van der Waals surface area contributed by atoms with Crippen molar-refractivity contribution in [1.82, 2.24) is 5.32 Å². The summed E-state index contributed by atoms with van der Waals surface area (Å²) in [6.07, 6.45) is 65.0. The molecule has 0 aromatic heterocycles. The molecule has 1 rings (SSSR count). The van der Waals surface area contributed by atoms with Gasteiger partial charge in [-0.1, -0.05) is 334 Å². The molecule has 0 aromatic carbocycles. The summed E-state index contributed by atoms with van der Waals surface area (Å²) >= 11 is 0. The van der Waals surface area contributed by atoms with Gasteiger partial charge in [-0.2, -0.15) is 0 Å². The van der Waals surface area contributed by atoms with Crippen LogP contribution < -0.4 is 5.32 Å². The molecule has 1 amide bonds. The number of carbonyl (C=O) groups excluding carboxylic acids is 1. The summed E-state index contributed by atoms with van der Waals surface area (Å²) in [6, 6.07) is -0.799. The monoisotopic (exact) mass is 1060 g/mol. The number of hydrogen-bond acceptors (Lipinski definition) is 8. The zero-order valence-electron chi connectivity index (χ0n) is 49.8. The maximum atomic E-state index is 13.0. The lowest BCUT2D eigenvalue weighted by Gasteiger charge is -2.40. The highest BCUT2D eigenvalue weighted by Crippen LogP contribution is 2.23. The number of rotatable bonds is 59. The van der Waals surface area contributed by atoms with Gasteiger partial charge in [-0.05, 0) is 19.3 Å². The lowest BCUT2D eigenvalue weighted by molar-refractivity contribution is -0.302. The Morgan fingerprint density at radius 2 is 0.733 bits per heavy atom. The van der Waals surface area contributed by atoms with Crippen LogP contribution in [0.4, 0.5) is 0 Å². The molecule has 1 saturated heterocycles. The first-order valence-corrected chi connectivity index (χ1v) is 33.4. The predicted octanol–water partition coefficient (Wildman–Crippen LogP) is 17.5. The van der Waals surface area contributed by atoms with E-state index >= 15 is 0 Å². The van der Waals surface area contributed by atoms with E-state index in [4.69, 9.17) is 9.47 Å². The van der Waals surface area contributed by atoms with Crippen LogP contribution in [-0.4, -0.2) is 87.5 Å². The first-order valence-electron chi connectivity index (χ1n) is 33.4. The summed E-state index contributed by atoms with van der Waals surface area (Å²) in [5.41, 5.74) is 0. The molecule has 446 valence electrons. The van der Waals surface area contributed by atoms with Gasteiger partial charge in [0.2, 0.25) is 5.91 Å². The highest BCUT2D eigenvalue weighted by atomic mass is 16.7. The van der Waals surface area contributed by atoms with Crippen molar-refractivity contribution in [3.05, 3.63) is 12.2 Å². The smallest absolute Gasteiger partial charge is 0.220 e. The number of carbonyl (C=O) groups is 1. The zero-order valence-corrected chi connectivity index (χ0v) is 49.8. The second kappa shape index (κ2) is 56.2. The van der Waals surface area contributed by atoms with Crippen LogP contribution in [0.2, 0.25) is 0 Å². The van der Waals surface area contributed by atoms with Crippen LogP contribution in [0.25, 0.3) is 0 Å². The van der Waals surface area contributed by atoms with Gasteiger partial charge < -0.3 is 40.3 Å². The largest absolute Gasteiger partial charge is 0.394 e. The van der Waals surface area contributed by atoms with Gasteiger partial charge in [-0.15, -0.1) is 0 Å². The Hall–Kier alpha value is -1.07. The molecule has 6 N–H and O–H groups in total. The Kier molecular flexibility index (Phi) is 53.9. The van der Waals surface area contributed by atoms with Crippen molar-refractivity contribution in [1.29, 1.82) is 0 Å². The van der Waals surface area contributed by atoms with E-state index in [0.29, 0.717) is 6.42 Å². The van der Waals surface area contributed by atoms with Gasteiger partial charge in [0, 0.05) is 6.42 Å². The zero-order chi connectivity index (χ0) is 54.3. The first kappa shape index (κ1) is 71.9. The molecule has 9 nitrogen and oxygen atoms in total. The molecule has 1 heterocycles. The molecule has 0 radical (unpaired) electrons. The van der Waals surface area contributed by atoms with Crippen LogP contribution in [-0.2, 0) is 14.3 Å². The summed E-state index contributed by atoms with van der Waals surface area (Å²) in [5, 5.41) is 54.4. The number of aliphatic hydroxyl groups excluding tert-OH is 5. The van der Waals surface area contributed by atoms with Crippen molar-refractivity contribution in [2.45, 2.75) is 391 Å². The van der Waals surface area contributed by atoms with Gasteiger partial charge in [-0.25, -0.2) is 0 Å². The van der Waals surface area contributed by atoms with E-state index in [-0.39, 0.29) is 12.5 Å². The lowest BCUT2D eigenvalue weighted by Crippen LogP contribution is -2.60. The highest BCUT2D eigenvalue weighted by molar-refractivity contribution is 5.76. The number of allylic oxidation sites excluding steroid dienone is 1. The quantitative estimate of drug-likeness (QED) is 0.0261. The number of aliphatic hydroxyl groups is 5. The van der Waals surface area contributed by atoms with Crippen molar-refractivity contribution in [2.75, 3.05) is 13.2 Å². The third-order valence-electron chi connectivity index (χ3n) is 16.4. The molecule has 0 bridgehead atoms. The normalized spacial score (nSPS) is 18.8. The van der Waals surface area contributed by atoms with Gasteiger partial charge in [0.1, 0.15) is 24.4 Å². The fourth-order valence-electron chi connectivity index (χ4n) is 11.1. The summed E-state index contributed by atoms with van der Waals surface area (Å²) in [4.78, 5) is 13.0. The van der Waals surface area contributed by atoms with E-state index in [1.54, 1.807) is 6.08 Å². The Morgan fingerprint density at radius 1 is 0.440 bits per heavy atom. The minimum Gasteiger partial charge on any atom is -0.394 e. The maximum Gasteiger partial charge on any atom is 0.220 e. The molecule has 0 aromatic rings. The van der Waals surface area contributed by atoms with Gasteiger partial charge in [0.05, 0.1) is 25.4 Å². The van der Waals surface area contributed by atoms with Crippen molar-refractivity contribution in [2.24, 2.45) is 0 Å². The van der Waals surface area contributed by atoms with Crippen LogP contribution in [0.15, 0.2) is 12.2 Å². The molecular weight excluding hydrogens is 935 g/mol. The molecule has 7 unspecified atom stereocenters. The van der Waals surface area contributed by atoms with E-state index < -0.39 is 49.5 Å². The number of unbranched alkanes of at least 4 members (excludes halogenated alkanes) is 49. The molecule has 0 spiro atoms. The third-order valence-corrected chi connectivity index (χ3v) is 16.4. The first-order chi connectivity index (χ1) is 36.8. The standard InChI is InChI=1S/C66H129NO8/c1-3-5-7-9-11-13-15-16-17-18-19-20-21-22-23-24-25-26-27-28-29-30-31-32-33-34-35-36-37-38-39-40-41-42-43-44-46-48-50-52-54-56-62(70)67-59(58-74-66-65(73)64(72)63(71)61(57-68)75-66)60(69)55-53-51-49-47-45-14-12-10-8-6-4-2/h53,55,59-61,63-66,68-69,71-73H,3-52,54,56-58H2,1-2H3,(H,67,70)/b55-53+. The van der Waals surface area contributed by atoms with Gasteiger partial charge in [0.15, 0.2) is 6.29 Å². The van der Waals surface area contributed by atoms with Gasteiger partial charge >= 0.3 is 0 Å². The molecule has 1 aliphatic heterocycles. The van der Waals surface area contributed by atoms with E-state index in [1.165, 1.54) is 289 Å². The average Bonchev–Trinajstić information content (AvgIpc) is 3.41. The second-order valence-electron chi connectivity index (χ2n) is 23.6. The van der Waals surface area contributed by atoms with Crippen LogP contribution in [0.3, 0.4) is 0 Å². The fourth-order valence-corrected chi connectivity index (χ4v) is 11.1. The summed E-state index contributed by atoms with van der Waals surface area (Å²) in [7, 11) is 0. The summed E-state index contributed by atoms with van der Waals surface area (Å²) in [5.74, 6) is -0.171. The molecule has 75 heavy (non-hydrogen) atoms. The number of nitrogens with one attached hydrogen (secondary N) is 1. The second-order valence-corrected chi connectivity index (χ2v) is 23.6. The van der Waals surface area contributed by atoms with Gasteiger partial charge in [-0.3, -0.25) is 4.79 Å². The SMILES string of the molecule is CCCCCCCCCCC/C=C/C(O)C(COC1OC(CO)C(O)C(O)C1O)NC(=O)CCCCCCCCCCCCCCCCCCCCCCCCCCCCCCCCCCCCCCCCCCC. The Labute approximate surface area is 465 Å². The third kappa shape index (κ3) is 45.4. The summed E-state index contributed by atoms with van der Waals surface area (Å²) in [6.45, 7) is 3.80. The van der Waals surface area contributed by atoms with E-state index in [1.807, 2.05) is 6.08 Å². The number of ether oxygens (including phenoxy) is 2. The van der Waals surface area contributed by atoms with Crippen LogP contribution >= 0.6 is 0 Å². The van der Waals surface area contributed by atoms with Crippen molar-refractivity contribution in [3.8, 4) is 0 Å². The summed E-state index contributed by atoms with van der Waals surface area (Å²) < 4.78 is 11.3. The van der Waals surface area contributed by atoms with Crippen LogP contribution in [0.1, 0.15) is 348 Å². The van der Waals surface area contributed by atoms with Crippen molar-refractivity contribution < 1.29 is 39.8 Å². The Balaban J connectivity index is 1.96. The fraction of sp³-hybridized carbons (Fsp3) is 0.955. The van der Waals surface area contributed by atoms with Crippen molar-refractivity contribution in [3.63, 3.8) is 0 Å². The van der Waals surface area contributed by atoms with Crippen molar-refractivity contribution >= 4 is 5.91 Å². The molecule has 1 aliphatic rings. The minimum atomic E-state index is -1.56. The minimum absolute atomic E-state index is 0.171. The molecule has 9 heteroatoms.